The molecule has 0 saturated carbocycles. The van der Waals surface area contributed by atoms with E-state index in [0.29, 0.717) is 24.1 Å². The number of rotatable bonds is 47. The maximum Gasteiger partial charge on any atom is 0.306 e. The molecule has 0 bridgehead atoms. The van der Waals surface area contributed by atoms with Crippen LogP contribution in [0.5, 0.6) is 0 Å². The predicted octanol–water partition coefficient (Wildman–Crippen LogP) is 14.9. The van der Waals surface area contributed by atoms with Crippen LogP contribution in [0, 0.1) is 0 Å². The molecule has 0 heterocycles. The van der Waals surface area contributed by atoms with E-state index in [2.05, 4.69) is 62.5 Å². The lowest BCUT2D eigenvalue weighted by Crippen LogP contribution is -2.37. The Labute approximate surface area is 378 Å². The summed E-state index contributed by atoms with van der Waals surface area (Å²) in [6, 6.07) is 0. The number of nitrogens with zero attached hydrogens (tertiary/aromatic N) is 1. The SMILES string of the molecule is CC/C=C\C/C=C\C/C=C\C/C=C\CCCCCCCCC(=O)OC(COCCCCCCCCCCCCCCCCCCCCCC)COP(=O)([O-])OCC[N+](C)(C)C. The highest BCUT2D eigenvalue weighted by atomic mass is 31.2. The van der Waals surface area contributed by atoms with Gasteiger partial charge in [-0.15, -0.1) is 0 Å². The molecular formula is C52H98NO7P. The lowest BCUT2D eigenvalue weighted by molar-refractivity contribution is -0.870. The Morgan fingerprint density at radius 1 is 0.525 bits per heavy atom. The van der Waals surface area contributed by atoms with Crippen LogP contribution in [0.25, 0.3) is 0 Å². The maximum atomic E-state index is 12.7. The quantitative estimate of drug-likeness (QED) is 0.0198. The van der Waals surface area contributed by atoms with Gasteiger partial charge in [-0.3, -0.25) is 9.36 Å². The van der Waals surface area contributed by atoms with Gasteiger partial charge in [-0.05, 0) is 51.4 Å². The van der Waals surface area contributed by atoms with E-state index < -0.39 is 13.9 Å². The normalized spacial score (nSPS) is 14.0. The molecule has 0 amide bonds. The van der Waals surface area contributed by atoms with Crippen LogP contribution in [0.3, 0.4) is 0 Å². The highest BCUT2D eigenvalue weighted by molar-refractivity contribution is 7.45. The first-order valence-electron chi connectivity index (χ1n) is 25.4. The Morgan fingerprint density at radius 3 is 1.43 bits per heavy atom. The Bertz CT molecular complexity index is 1120. The Balaban J connectivity index is 4.16. The van der Waals surface area contributed by atoms with Crippen molar-refractivity contribution < 1.29 is 37.3 Å². The number of unbranched alkanes of at least 4 members (excludes halogenated alkanes) is 25. The number of ether oxygens (including phenoxy) is 2. The zero-order chi connectivity index (χ0) is 44.8. The number of hydrogen-bond acceptors (Lipinski definition) is 7. The van der Waals surface area contributed by atoms with E-state index in [9.17, 15) is 14.3 Å². The molecule has 0 fully saturated rings. The highest BCUT2D eigenvalue weighted by Crippen LogP contribution is 2.38. The topological polar surface area (TPSA) is 94.1 Å². The molecule has 0 aromatic heterocycles. The molecule has 0 rings (SSSR count). The van der Waals surface area contributed by atoms with Gasteiger partial charge in [-0.2, -0.15) is 0 Å². The highest BCUT2D eigenvalue weighted by Gasteiger charge is 2.20. The van der Waals surface area contributed by atoms with Crippen LogP contribution in [-0.2, 0) is 27.9 Å². The molecule has 8 nitrogen and oxygen atoms in total. The van der Waals surface area contributed by atoms with Crippen LogP contribution in [0.1, 0.15) is 219 Å². The third kappa shape index (κ3) is 49.3. The molecule has 2 unspecified atom stereocenters. The minimum atomic E-state index is -4.53. The van der Waals surface area contributed by atoms with E-state index in [1.807, 2.05) is 21.1 Å². The maximum absolute atomic E-state index is 12.7. The van der Waals surface area contributed by atoms with Gasteiger partial charge in [0.15, 0.2) is 0 Å². The standard InChI is InChI=1S/C52H98NO7P/c1-6-8-10-12-14-16-18-20-22-24-26-28-30-32-34-36-38-40-42-44-47-57-49-51(50-59-61(55,56)58-48-46-53(3,4)5)60-52(54)45-43-41-39-37-35-33-31-29-27-25-23-21-19-17-15-13-11-9-7-2/h9,11,15,17,21,23,27,29,51H,6-8,10,12-14,16,18-20,22,24-26,28,30-50H2,1-5H3/b11-9-,17-15-,23-21-,29-27-. The summed E-state index contributed by atoms with van der Waals surface area (Å²) in [6.45, 7) is 5.31. The summed E-state index contributed by atoms with van der Waals surface area (Å²) in [4.78, 5) is 25.2. The molecule has 358 valence electrons. The number of carbonyl (C=O) groups is 1. The van der Waals surface area contributed by atoms with Crippen LogP contribution >= 0.6 is 7.82 Å². The molecule has 0 spiro atoms. The second kappa shape index (κ2) is 45.0. The molecule has 9 heteroatoms. The largest absolute Gasteiger partial charge is 0.756 e. The summed E-state index contributed by atoms with van der Waals surface area (Å²) in [5.74, 6) is -0.345. The van der Waals surface area contributed by atoms with Crippen molar-refractivity contribution in [3.63, 3.8) is 0 Å². The van der Waals surface area contributed by atoms with Crippen LogP contribution < -0.4 is 4.89 Å². The summed E-state index contributed by atoms with van der Waals surface area (Å²) in [5.41, 5.74) is 0. The minimum Gasteiger partial charge on any atom is -0.756 e. The van der Waals surface area contributed by atoms with E-state index in [0.717, 1.165) is 70.6 Å². The molecular weight excluding hydrogens is 782 g/mol. The zero-order valence-corrected chi connectivity index (χ0v) is 41.5. The summed E-state index contributed by atoms with van der Waals surface area (Å²) < 4.78 is 34.7. The number of allylic oxidation sites excluding steroid dienone is 8. The van der Waals surface area contributed by atoms with Crippen molar-refractivity contribution in [1.29, 1.82) is 0 Å². The van der Waals surface area contributed by atoms with Gasteiger partial charge in [-0.1, -0.05) is 210 Å². The van der Waals surface area contributed by atoms with E-state index >= 15 is 0 Å². The van der Waals surface area contributed by atoms with Crippen molar-refractivity contribution in [2.45, 2.75) is 225 Å². The first-order valence-corrected chi connectivity index (χ1v) is 26.8. The minimum absolute atomic E-state index is 0.0229. The number of hydrogen-bond donors (Lipinski definition) is 0. The van der Waals surface area contributed by atoms with Crippen LogP contribution in [-0.4, -0.2) is 70.7 Å². The number of esters is 1. The summed E-state index contributed by atoms with van der Waals surface area (Å²) in [5, 5.41) is 0. The molecule has 61 heavy (non-hydrogen) atoms. The number of quaternary nitrogens is 1. The van der Waals surface area contributed by atoms with Gasteiger partial charge in [0.2, 0.25) is 0 Å². The lowest BCUT2D eigenvalue weighted by atomic mass is 10.0. The van der Waals surface area contributed by atoms with E-state index in [4.69, 9.17) is 18.5 Å². The third-order valence-corrected chi connectivity index (χ3v) is 11.9. The molecule has 0 radical (unpaired) electrons. The third-order valence-electron chi connectivity index (χ3n) is 10.9. The van der Waals surface area contributed by atoms with Gasteiger partial charge in [0.05, 0.1) is 34.4 Å². The van der Waals surface area contributed by atoms with Crippen LogP contribution in [0.15, 0.2) is 48.6 Å². The van der Waals surface area contributed by atoms with Crippen molar-refractivity contribution >= 4 is 13.8 Å². The monoisotopic (exact) mass is 880 g/mol. The Morgan fingerprint density at radius 2 is 0.951 bits per heavy atom. The van der Waals surface area contributed by atoms with Crippen LogP contribution in [0.4, 0.5) is 0 Å². The summed E-state index contributed by atoms with van der Waals surface area (Å²) >= 11 is 0. The number of phosphoric ester groups is 1. The predicted molar refractivity (Wildman–Crippen MR) is 259 cm³/mol. The summed E-state index contributed by atoms with van der Waals surface area (Å²) in [7, 11) is 1.35. The lowest BCUT2D eigenvalue weighted by Gasteiger charge is -2.28. The molecule has 0 aliphatic carbocycles. The van der Waals surface area contributed by atoms with Gasteiger partial charge in [0.1, 0.15) is 19.3 Å². The van der Waals surface area contributed by atoms with Gasteiger partial charge in [0.25, 0.3) is 7.82 Å². The average molecular weight is 880 g/mol. The van der Waals surface area contributed by atoms with E-state index in [1.54, 1.807) is 0 Å². The molecule has 0 aromatic carbocycles. The average Bonchev–Trinajstić information content (AvgIpc) is 3.22. The molecule has 0 aliphatic rings. The van der Waals surface area contributed by atoms with Gasteiger partial charge in [-0.25, -0.2) is 0 Å². The fourth-order valence-corrected chi connectivity index (χ4v) is 7.74. The van der Waals surface area contributed by atoms with Crippen LogP contribution in [0.2, 0.25) is 0 Å². The molecule has 0 N–H and O–H groups in total. The number of carbonyl (C=O) groups excluding carboxylic acids is 1. The first kappa shape index (κ1) is 59.5. The number of likely N-dealkylation sites (N-methyl/N-ethyl adjacent to an activating group) is 1. The Kier molecular flexibility index (Phi) is 43.9. The molecule has 0 aromatic rings. The van der Waals surface area contributed by atoms with Crippen molar-refractivity contribution in [1.82, 2.24) is 0 Å². The molecule has 2 atom stereocenters. The molecule has 0 aliphatic heterocycles. The second-order valence-electron chi connectivity index (χ2n) is 18.2. The van der Waals surface area contributed by atoms with Crippen molar-refractivity contribution in [3.05, 3.63) is 48.6 Å². The smallest absolute Gasteiger partial charge is 0.306 e. The van der Waals surface area contributed by atoms with E-state index in [-0.39, 0.29) is 25.8 Å². The van der Waals surface area contributed by atoms with Gasteiger partial charge < -0.3 is 27.9 Å². The summed E-state index contributed by atoms with van der Waals surface area (Å²) in [6.07, 6.45) is 55.6. The zero-order valence-electron chi connectivity index (χ0n) is 40.6. The fourth-order valence-electron chi connectivity index (χ4n) is 7.01. The van der Waals surface area contributed by atoms with Crippen molar-refractivity contribution in [3.8, 4) is 0 Å². The van der Waals surface area contributed by atoms with Crippen molar-refractivity contribution in [2.24, 2.45) is 0 Å². The van der Waals surface area contributed by atoms with Crippen molar-refractivity contribution in [2.75, 3.05) is 54.1 Å². The fraction of sp³-hybridized carbons (Fsp3) is 0.827. The van der Waals surface area contributed by atoms with Gasteiger partial charge >= 0.3 is 5.97 Å². The van der Waals surface area contributed by atoms with E-state index in [1.165, 1.54) is 128 Å². The molecule has 0 saturated heterocycles. The van der Waals surface area contributed by atoms with Gasteiger partial charge in [0, 0.05) is 13.0 Å². The first-order chi connectivity index (χ1) is 29.6. The second-order valence-corrected chi connectivity index (χ2v) is 19.6. The Hall–Kier alpha value is -1.54. The number of phosphoric acid groups is 1.